The Morgan fingerprint density at radius 3 is 2.54 bits per heavy atom. The monoisotopic (exact) mass is 748 g/mol. The zero-order valence-electron chi connectivity index (χ0n) is 29.1. The van der Waals surface area contributed by atoms with E-state index in [9.17, 15) is 25.4 Å². The van der Waals surface area contributed by atoms with Crippen molar-refractivity contribution in [2.75, 3.05) is 32.8 Å². The number of rotatable bonds is 17. The van der Waals surface area contributed by atoms with E-state index in [4.69, 9.17) is 37.4 Å². The average molecular weight is 750 g/mol. The van der Waals surface area contributed by atoms with Crippen LogP contribution < -0.4 is 19.5 Å². The topological polar surface area (TPSA) is 157 Å². The van der Waals surface area contributed by atoms with E-state index < -0.39 is 18.1 Å². The number of aliphatic hydroxyl groups is 2. The molecular weight excluding hydrogens is 707 g/mol. The van der Waals surface area contributed by atoms with Gasteiger partial charge in [-0.05, 0) is 56.0 Å². The summed E-state index contributed by atoms with van der Waals surface area (Å²) in [5.41, 5.74) is 3.40. The van der Waals surface area contributed by atoms with Gasteiger partial charge >= 0.3 is 5.97 Å². The third-order valence-electron chi connectivity index (χ3n) is 9.05. The normalized spacial score (nSPS) is 15.5. The number of benzene rings is 3. The summed E-state index contributed by atoms with van der Waals surface area (Å²) in [7, 11) is 0. The van der Waals surface area contributed by atoms with Crippen molar-refractivity contribution in [3.8, 4) is 34.4 Å². The molecule has 4 N–H and O–H groups in total. The van der Waals surface area contributed by atoms with Gasteiger partial charge in [0.2, 0.25) is 0 Å². The van der Waals surface area contributed by atoms with Crippen LogP contribution in [-0.2, 0) is 24.6 Å². The summed E-state index contributed by atoms with van der Waals surface area (Å²) in [6.45, 7) is 5.96. The number of halogens is 2. The van der Waals surface area contributed by atoms with Crippen LogP contribution in [0.2, 0.25) is 10.0 Å². The van der Waals surface area contributed by atoms with Crippen molar-refractivity contribution in [3.63, 3.8) is 0 Å². The minimum Gasteiger partial charge on any atom is -0.493 e. The van der Waals surface area contributed by atoms with Crippen LogP contribution in [0.4, 0.5) is 0 Å². The number of aliphatic carboxylic acids is 1. The molecule has 11 nitrogen and oxygen atoms in total. The lowest BCUT2D eigenvalue weighted by atomic mass is 9.98. The molecule has 0 saturated carbocycles. The molecule has 0 amide bonds. The maximum absolute atomic E-state index is 11.8. The minimum absolute atomic E-state index is 0.00770. The molecule has 1 fully saturated rings. The van der Waals surface area contributed by atoms with Crippen LogP contribution in [0.5, 0.6) is 17.2 Å². The zero-order valence-corrected chi connectivity index (χ0v) is 30.6. The molecule has 4 aromatic rings. The molecule has 5 rings (SSSR count). The summed E-state index contributed by atoms with van der Waals surface area (Å²) in [5, 5.41) is 42.0. The Morgan fingerprint density at radius 2 is 1.81 bits per heavy atom. The van der Waals surface area contributed by atoms with Gasteiger partial charge < -0.3 is 34.4 Å². The Balaban J connectivity index is 1.32. The van der Waals surface area contributed by atoms with Gasteiger partial charge in [0.05, 0.1) is 34.9 Å². The molecule has 274 valence electrons. The van der Waals surface area contributed by atoms with Crippen LogP contribution in [0, 0.1) is 18.3 Å². The van der Waals surface area contributed by atoms with E-state index in [1.54, 1.807) is 24.4 Å². The van der Waals surface area contributed by atoms with Gasteiger partial charge in [-0.15, -0.1) is 0 Å². The Morgan fingerprint density at radius 1 is 1.04 bits per heavy atom. The third kappa shape index (κ3) is 9.72. The van der Waals surface area contributed by atoms with E-state index in [0.717, 1.165) is 53.9 Å². The SMILES string of the molecule is Cc1c(OCCCN2CCC(O)C2)cccc1-c1cccc(COc2cc(OCc3cncc(C#N)c3)c(CNC(C)(CO)C(=O)O)cc2Cl)c1Cl. The molecule has 0 bridgehead atoms. The highest BCUT2D eigenvalue weighted by molar-refractivity contribution is 6.34. The second kappa shape index (κ2) is 17.9. The second-order valence-electron chi connectivity index (χ2n) is 13.0. The lowest BCUT2D eigenvalue weighted by Crippen LogP contribution is -2.52. The number of β-amino-alcohol motifs (C(OH)–C–C–N with tert-alkyl or cyclic N) is 1. The fraction of sp³-hybridized carbons (Fsp3) is 0.359. The molecule has 1 aliphatic heterocycles. The number of carboxylic acid groups (broad SMARTS) is 1. The molecule has 0 radical (unpaired) electrons. The molecule has 1 saturated heterocycles. The fourth-order valence-electron chi connectivity index (χ4n) is 5.84. The first kappa shape index (κ1) is 38.8. The number of carboxylic acids is 1. The van der Waals surface area contributed by atoms with E-state index in [-0.39, 0.29) is 30.9 Å². The zero-order chi connectivity index (χ0) is 37.3. The number of hydrogen-bond acceptors (Lipinski definition) is 10. The van der Waals surface area contributed by atoms with E-state index in [2.05, 4.69) is 21.3 Å². The number of nitriles is 1. The summed E-state index contributed by atoms with van der Waals surface area (Å²) in [6, 6.07) is 18.6. The van der Waals surface area contributed by atoms with Crippen molar-refractivity contribution < 1.29 is 34.3 Å². The molecule has 0 spiro atoms. The molecule has 2 heterocycles. The Kier molecular flexibility index (Phi) is 13.3. The summed E-state index contributed by atoms with van der Waals surface area (Å²) in [5.74, 6) is 0.226. The number of hydrogen-bond donors (Lipinski definition) is 4. The number of ether oxygens (including phenoxy) is 3. The maximum Gasteiger partial charge on any atom is 0.326 e. The maximum atomic E-state index is 11.8. The highest BCUT2D eigenvalue weighted by Crippen LogP contribution is 2.38. The quantitative estimate of drug-likeness (QED) is 0.0918. The lowest BCUT2D eigenvalue weighted by molar-refractivity contribution is -0.145. The summed E-state index contributed by atoms with van der Waals surface area (Å²) in [6.07, 6.45) is 4.47. The largest absolute Gasteiger partial charge is 0.493 e. The van der Waals surface area contributed by atoms with Crippen molar-refractivity contribution in [2.45, 2.75) is 58.1 Å². The molecule has 3 aromatic carbocycles. The van der Waals surface area contributed by atoms with Gasteiger partial charge in [0.15, 0.2) is 0 Å². The van der Waals surface area contributed by atoms with Gasteiger partial charge in [-0.1, -0.05) is 53.5 Å². The molecule has 1 aliphatic rings. The van der Waals surface area contributed by atoms with Crippen LogP contribution in [0.1, 0.15) is 47.6 Å². The molecule has 13 heteroatoms. The Hall–Kier alpha value is -4.41. The minimum atomic E-state index is -1.60. The van der Waals surface area contributed by atoms with Gasteiger partial charge in [-0.3, -0.25) is 15.1 Å². The first-order valence-electron chi connectivity index (χ1n) is 16.9. The summed E-state index contributed by atoms with van der Waals surface area (Å²) < 4.78 is 18.5. The van der Waals surface area contributed by atoms with Crippen molar-refractivity contribution in [3.05, 3.63) is 105 Å². The van der Waals surface area contributed by atoms with Crippen molar-refractivity contribution in [1.29, 1.82) is 5.26 Å². The Labute approximate surface area is 313 Å². The van der Waals surface area contributed by atoms with Crippen LogP contribution in [0.3, 0.4) is 0 Å². The molecule has 0 aliphatic carbocycles. The van der Waals surface area contributed by atoms with Crippen LogP contribution in [0.15, 0.2) is 67.0 Å². The lowest BCUT2D eigenvalue weighted by Gasteiger charge is -2.25. The van der Waals surface area contributed by atoms with Crippen LogP contribution in [-0.4, -0.2) is 75.7 Å². The molecular formula is C39H42Cl2N4O7. The van der Waals surface area contributed by atoms with E-state index in [1.165, 1.54) is 13.1 Å². The van der Waals surface area contributed by atoms with E-state index in [1.807, 2.05) is 43.3 Å². The Bertz CT molecular complexity index is 1920. The van der Waals surface area contributed by atoms with Gasteiger partial charge in [0.1, 0.15) is 42.1 Å². The predicted octanol–water partition coefficient (Wildman–Crippen LogP) is 6.15. The number of pyridine rings is 1. The number of carbonyl (C=O) groups is 1. The number of nitrogens with zero attached hydrogens (tertiary/aromatic N) is 3. The summed E-state index contributed by atoms with van der Waals surface area (Å²) >= 11 is 13.7. The van der Waals surface area contributed by atoms with Crippen molar-refractivity contribution >= 4 is 29.2 Å². The van der Waals surface area contributed by atoms with Gasteiger partial charge in [0, 0.05) is 66.9 Å². The van der Waals surface area contributed by atoms with Gasteiger partial charge in [-0.25, -0.2) is 0 Å². The van der Waals surface area contributed by atoms with Gasteiger partial charge in [-0.2, -0.15) is 5.26 Å². The first-order valence-corrected chi connectivity index (χ1v) is 17.7. The summed E-state index contributed by atoms with van der Waals surface area (Å²) in [4.78, 5) is 18.1. The number of nitrogens with one attached hydrogen (secondary N) is 1. The number of aliphatic hydroxyl groups excluding tert-OH is 2. The number of aromatic nitrogens is 1. The third-order valence-corrected chi connectivity index (χ3v) is 9.79. The fourth-order valence-corrected chi connectivity index (χ4v) is 6.36. The van der Waals surface area contributed by atoms with E-state index in [0.29, 0.717) is 46.4 Å². The highest BCUT2D eigenvalue weighted by Gasteiger charge is 2.32. The van der Waals surface area contributed by atoms with Crippen molar-refractivity contribution in [1.82, 2.24) is 15.2 Å². The average Bonchev–Trinajstić information content (AvgIpc) is 3.57. The second-order valence-corrected chi connectivity index (χ2v) is 13.7. The van der Waals surface area contributed by atoms with Crippen molar-refractivity contribution in [2.24, 2.45) is 0 Å². The molecule has 2 unspecified atom stereocenters. The molecule has 52 heavy (non-hydrogen) atoms. The number of likely N-dealkylation sites (tertiary alicyclic amines) is 1. The predicted molar refractivity (Wildman–Crippen MR) is 198 cm³/mol. The van der Waals surface area contributed by atoms with E-state index >= 15 is 0 Å². The molecule has 2 atom stereocenters. The van der Waals surface area contributed by atoms with Gasteiger partial charge in [0.25, 0.3) is 0 Å². The molecule has 1 aromatic heterocycles. The first-order chi connectivity index (χ1) is 25.0. The smallest absolute Gasteiger partial charge is 0.326 e. The van der Waals surface area contributed by atoms with Crippen LogP contribution >= 0.6 is 23.2 Å². The van der Waals surface area contributed by atoms with Crippen LogP contribution in [0.25, 0.3) is 11.1 Å². The highest BCUT2D eigenvalue weighted by atomic mass is 35.5. The standard InChI is InChI=1S/C39H42Cl2N4O7/c1-25-31(7-4-9-34(25)50-13-5-11-45-12-10-30(47)21-45)32-8-3-6-28(37(32)41)23-52-36-16-35(51-22-27-14-26(17-42)18-43-19-27)29(15-33(36)40)20-44-39(2,24-46)38(48)49/h3-4,6-9,14-16,18-19,30,44,46-47H,5,10-13,20-24H2,1-2H3,(H,48,49).